The highest BCUT2D eigenvalue weighted by Crippen LogP contribution is 2.50. The molecule has 4 heterocycles. The van der Waals surface area contributed by atoms with Gasteiger partial charge in [0.05, 0.1) is 30.6 Å². The smallest absolute Gasteiger partial charge is 0.236 e. The molecular weight excluding hydrogens is 510 g/mol. The van der Waals surface area contributed by atoms with Crippen LogP contribution in [-0.2, 0) is 10.2 Å². The Kier molecular flexibility index (Phi) is 7.55. The van der Waals surface area contributed by atoms with Crippen LogP contribution in [0.2, 0.25) is 0 Å². The Labute approximate surface area is 234 Å². The summed E-state index contributed by atoms with van der Waals surface area (Å²) >= 11 is 1.41. The Morgan fingerprint density at radius 2 is 2.00 bits per heavy atom. The third kappa shape index (κ3) is 5.21. The number of carbonyl (C=O) groups is 1. The Bertz CT molecular complexity index is 1310. The summed E-state index contributed by atoms with van der Waals surface area (Å²) in [5.41, 5.74) is 7.88. The molecule has 2 fully saturated rings. The van der Waals surface area contributed by atoms with Crippen molar-refractivity contribution in [1.82, 2.24) is 15.2 Å². The molecule has 208 valence electrons. The number of fused-ring (bicyclic) bond motifs is 1. The lowest BCUT2D eigenvalue weighted by Crippen LogP contribution is -2.94. The van der Waals surface area contributed by atoms with Gasteiger partial charge < -0.3 is 31.1 Å². The summed E-state index contributed by atoms with van der Waals surface area (Å²) in [6.07, 6.45) is 1.41. The van der Waals surface area contributed by atoms with E-state index in [2.05, 4.69) is 58.4 Å². The van der Waals surface area contributed by atoms with Crippen LogP contribution in [0.3, 0.4) is 0 Å². The van der Waals surface area contributed by atoms with E-state index in [1.807, 2.05) is 13.0 Å². The number of nitrogen functional groups attached to an aromatic ring is 1. The summed E-state index contributed by atoms with van der Waals surface area (Å²) in [7, 11) is 2.13. The summed E-state index contributed by atoms with van der Waals surface area (Å²) in [5.74, 6) is 0.777. The molecule has 10 nitrogen and oxygen atoms in total. The summed E-state index contributed by atoms with van der Waals surface area (Å²) in [6.45, 7) is 12.7. The number of pyridine rings is 1. The van der Waals surface area contributed by atoms with E-state index in [4.69, 9.17) is 16.1 Å². The number of carbonyl (C=O) groups excluding carboxylic acids is 1. The fourth-order valence-electron chi connectivity index (χ4n) is 6.05. The van der Waals surface area contributed by atoms with Gasteiger partial charge in [0.25, 0.3) is 0 Å². The predicted octanol–water partition coefficient (Wildman–Crippen LogP) is 1.42. The largest absolute Gasteiger partial charge is 0.389 e. The van der Waals surface area contributed by atoms with E-state index in [-0.39, 0.29) is 17.7 Å². The number of rotatable bonds is 4. The number of hydrogen-bond donors (Lipinski definition) is 4. The molecule has 2 aromatic rings. The molecule has 2 saturated heterocycles. The van der Waals surface area contributed by atoms with E-state index in [0.717, 1.165) is 74.2 Å². The SMILES string of the molecule is CC1CN(c2cc(C(=N)NC(=O)C3(C)CCC(C)c4sc(N)c(C#N)c43)nc(N3CCN(C)CC3)c2)CC[NH2+]1. The van der Waals surface area contributed by atoms with Crippen molar-refractivity contribution >= 4 is 39.6 Å². The number of nitrogens with one attached hydrogen (secondary N) is 2. The van der Waals surface area contributed by atoms with Crippen LogP contribution in [0.25, 0.3) is 0 Å². The Morgan fingerprint density at radius 3 is 2.69 bits per heavy atom. The van der Waals surface area contributed by atoms with Gasteiger partial charge >= 0.3 is 0 Å². The first-order valence-electron chi connectivity index (χ1n) is 13.9. The van der Waals surface area contributed by atoms with Crippen molar-refractivity contribution in [2.45, 2.75) is 51.0 Å². The van der Waals surface area contributed by atoms with Crippen LogP contribution in [0.1, 0.15) is 61.2 Å². The molecule has 0 saturated carbocycles. The highest BCUT2D eigenvalue weighted by molar-refractivity contribution is 7.16. The predicted molar refractivity (Wildman–Crippen MR) is 156 cm³/mol. The van der Waals surface area contributed by atoms with Gasteiger partial charge in [-0.2, -0.15) is 5.26 Å². The molecule has 0 aromatic carbocycles. The monoisotopic (exact) mass is 550 g/mol. The van der Waals surface area contributed by atoms with Gasteiger partial charge in [0.1, 0.15) is 28.6 Å². The molecule has 3 atom stereocenters. The van der Waals surface area contributed by atoms with E-state index in [1.165, 1.54) is 11.3 Å². The number of aromatic nitrogens is 1. The van der Waals surface area contributed by atoms with E-state index in [9.17, 15) is 10.1 Å². The topological polar surface area (TPSA) is 142 Å². The number of nitriles is 1. The third-order valence-electron chi connectivity index (χ3n) is 8.61. The average molecular weight is 551 g/mol. The zero-order valence-electron chi connectivity index (χ0n) is 23.4. The molecular formula is C28H40N9OS+. The molecule has 39 heavy (non-hydrogen) atoms. The van der Waals surface area contributed by atoms with Crippen LogP contribution in [0.15, 0.2) is 12.1 Å². The van der Waals surface area contributed by atoms with Gasteiger partial charge in [-0.1, -0.05) is 6.92 Å². The lowest BCUT2D eigenvalue weighted by molar-refractivity contribution is -0.687. The summed E-state index contributed by atoms with van der Waals surface area (Å²) in [4.78, 5) is 26.7. The van der Waals surface area contributed by atoms with Crippen LogP contribution in [0.5, 0.6) is 0 Å². The van der Waals surface area contributed by atoms with Crippen molar-refractivity contribution in [3.05, 3.63) is 33.8 Å². The van der Waals surface area contributed by atoms with E-state index >= 15 is 0 Å². The number of amides is 1. The van der Waals surface area contributed by atoms with Gasteiger partial charge in [-0.15, -0.1) is 11.3 Å². The molecule has 3 aliphatic rings. The fraction of sp³-hybridized carbons (Fsp3) is 0.571. The van der Waals surface area contributed by atoms with Gasteiger partial charge in [0.15, 0.2) is 5.84 Å². The van der Waals surface area contributed by atoms with Crippen molar-refractivity contribution in [1.29, 1.82) is 10.7 Å². The molecule has 2 aromatic heterocycles. The van der Waals surface area contributed by atoms with Crippen molar-refractivity contribution < 1.29 is 10.1 Å². The number of quaternary nitrogens is 1. The van der Waals surface area contributed by atoms with Crippen molar-refractivity contribution in [3.63, 3.8) is 0 Å². The normalized spacial score (nSPS) is 25.6. The summed E-state index contributed by atoms with van der Waals surface area (Å²) < 4.78 is 0. The Morgan fingerprint density at radius 1 is 1.26 bits per heavy atom. The molecule has 0 bridgehead atoms. The molecule has 5 rings (SSSR count). The fourth-order valence-corrected chi connectivity index (χ4v) is 7.28. The quantitative estimate of drug-likeness (QED) is 0.333. The minimum atomic E-state index is -0.941. The second kappa shape index (κ2) is 10.8. The highest BCUT2D eigenvalue weighted by Gasteiger charge is 2.45. The van der Waals surface area contributed by atoms with Crippen LogP contribution in [0.4, 0.5) is 16.5 Å². The van der Waals surface area contributed by atoms with E-state index in [0.29, 0.717) is 28.7 Å². The number of likely N-dealkylation sites (N-methyl/N-ethyl adjacent to an activating group) is 1. The van der Waals surface area contributed by atoms with Crippen LogP contribution >= 0.6 is 11.3 Å². The van der Waals surface area contributed by atoms with Gasteiger partial charge in [0.2, 0.25) is 5.91 Å². The molecule has 0 spiro atoms. The van der Waals surface area contributed by atoms with E-state index < -0.39 is 5.41 Å². The number of piperazine rings is 2. The number of anilines is 3. The molecule has 1 amide bonds. The van der Waals surface area contributed by atoms with Crippen molar-refractivity contribution in [2.75, 3.05) is 68.4 Å². The third-order valence-corrected chi connectivity index (χ3v) is 9.86. The van der Waals surface area contributed by atoms with Crippen molar-refractivity contribution in [3.8, 4) is 6.07 Å². The second-order valence-corrected chi connectivity index (χ2v) is 12.7. The maximum absolute atomic E-state index is 13.8. The minimum absolute atomic E-state index is 0.0167. The number of hydrogen-bond acceptors (Lipinski definition) is 9. The lowest BCUT2D eigenvalue weighted by atomic mass is 9.69. The van der Waals surface area contributed by atoms with E-state index in [1.54, 1.807) is 0 Å². The minimum Gasteiger partial charge on any atom is -0.389 e. The van der Waals surface area contributed by atoms with Crippen LogP contribution < -0.4 is 26.2 Å². The lowest BCUT2D eigenvalue weighted by Gasteiger charge is -2.36. The number of thiophene rings is 1. The second-order valence-electron chi connectivity index (χ2n) is 11.6. The molecule has 2 aliphatic heterocycles. The highest BCUT2D eigenvalue weighted by atomic mass is 32.1. The molecule has 6 N–H and O–H groups in total. The standard InChI is InChI=1S/C28H39N9OS/c1-17-5-6-28(3,23-20(15-29)26(31)39-24(17)23)27(38)34-25(30)21-13-19(37-8-7-32-18(2)16-37)14-22(33-21)36-11-9-35(4)10-12-36/h13-14,17-18,32H,5-12,16,31H2,1-4H3,(H2,30,34,38)/p+1. The summed E-state index contributed by atoms with van der Waals surface area (Å²) in [5, 5.41) is 24.5. The average Bonchev–Trinajstić information content (AvgIpc) is 3.28. The van der Waals surface area contributed by atoms with Gasteiger partial charge in [-0.25, -0.2) is 4.98 Å². The number of nitrogens with zero attached hydrogens (tertiary/aromatic N) is 5. The molecule has 3 unspecified atom stereocenters. The maximum Gasteiger partial charge on any atom is 0.236 e. The number of nitrogens with two attached hydrogens (primary N) is 2. The first kappa shape index (κ1) is 27.4. The molecule has 11 heteroatoms. The zero-order valence-corrected chi connectivity index (χ0v) is 24.2. The van der Waals surface area contributed by atoms with Crippen molar-refractivity contribution in [2.24, 2.45) is 0 Å². The van der Waals surface area contributed by atoms with Gasteiger partial charge in [-0.05, 0) is 45.7 Å². The maximum atomic E-state index is 13.8. The zero-order chi connectivity index (χ0) is 27.9. The molecule has 0 radical (unpaired) electrons. The van der Waals surface area contributed by atoms with Crippen LogP contribution in [-0.4, -0.2) is 80.5 Å². The Balaban J connectivity index is 1.45. The molecule has 1 aliphatic carbocycles. The van der Waals surface area contributed by atoms with Gasteiger partial charge in [0, 0.05) is 48.4 Å². The first-order chi connectivity index (χ1) is 18.6. The Hall–Kier alpha value is -3.20. The summed E-state index contributed by atoms with van der Waals surface area (Å²) in [6, 6.07) is 6.78. The van der Waals surface area contributed by atoms with Gasteiger partial charge in [-0.3, -0.25) is 10.2 Å². The number of amidine groups is 1. The van der Waals surface area contributed by atoms with Crippen LogP contribution in [0, 0.1) is 16.7 Å². The first-order valence-corrected chi connectivity index (χ1v) is 14.7.